The first-order valence-electron chi connectivity index (χ1n) is 5.40. The highest BCUT2D eigenvalue weighted by Gasteiger charge is 2.32. The van der Waals surface area contributed by atoms with E-state index in [4.69, 9.17) is 5.11 Å². The summed E-state index contributed by atoms with van der Waals surface area (Å²) in [7, 11) is 0. The summed E-state index contributed by atoms with van der Waals surface area (Å²) in [6, 6.07) is 0. The molecule has 5 nitrogen and oxygen atoms in total. The van der Waals surface area contributed by atoms with Gasteiger partial charge in [0, 0.05) is 12.3 Å². The van der Waals surface area contributed by atoms with Crippen LogP contribution in [0.5, 0.6) is 0 Å². The first-order valence-corrected chi connectivity index (χ1v) is 5.40. The maximum atomic E-state index is 10.9. The van der Waals surface area contributed by atoms with Crippen LogP contribution >= 0.6 is 0 Å². The second-order valence-electron chi connectivity index (χ2n) is 4.42. The highest BCUT2D eigenvalue weighted by atomic mass is 16.4. The molecule has 1 unspecified atom stereocenters. The largest absolute Gasteiger partial charge is 0.481 e. The Kier molecular flexibility index (Phi) is 1.81. The zero-order valence-corrected chi connectivity index (χ0v) is 8.39. The third kappa shape index (κ3) is 1.52. The molecule has 0 spiro atoms. The van der Waals surface area contributed by atoms with Crippen molar-refractivity contribution in [2.75, 3.05) is 0 Å². The van der Waals surface area contributed by atoms with Crippen molar-refractivity contribution >= 4 is 5.97 Å². The molecule has 1 N–H and O–H groups in total. The average Bonchev–Trinajstić information content (AvgIpc) is 2.97. The molecule has 1 aliphatic heterocycles. The van der Waals surface area contributed by atoms with E-state index in [1.807, 2.05) is 0 Å². The number of aryl methyl sites for hydroxylation is 1. The lowest BCUT2D eigenvalue weighted by molar-refractivity contribution is -0.142. The first-order chi connectivity index (χ1) is 7.24. The van der Waals surface area contributed by atoms with Crippen LogP contribution in [0.3, 0.4) is 0 Å². The lowest BCUT2D eigenvalue weighted by atomic mass is 10.0. The number of carboxylic acid groups (broad SMARTS) is 1. The molecule has 1 saturated carbocycles. The van der Waals surface area contributed by atoms with Gasteiger partial charge in [-0.05, 0) is 19.3 Å². The third-order valence-corrected chi connectivity index (χ3v) is 3.17. The van der Waals surface area contributed by atoms with Gasteiger partial charge in [0.25, 0.3) is 0 Å². The van der Waals surface area contributed by atoms with Gasteiger partial charge in [-0.1, -0.05) is 0 Å². The topological polar surface area (TPSA) is 68.0 Å². The SMILES string of the molecule is O=C(O)C1CCc2nc(C3CC3)nn2C1. The zero-order chi connectivity index (χ0) is 10.4. The smallest absolute Gasteiger partial charge is 0.308 e. The molecule has 5 heteroatoms. The molecule has 3 rings (SSSR count). The quantitative estimate of drug-likeness (QED) is 0.779. The van der Waals surface area contributed by atoms with Gasteiger partial charge in [-0.3, -0.25) is 4.79 Å². The second kappa shape index (κ2) is 3.05. The molecule has 15 heavy (non-hydrogen) atoms. The van der Waals surface area contributed by atoms with Crippen LogP contribution in [0.1, 0.15) is 36.8 Å². The van der Waals surface area contributed by atoms with Crippen LogP contribution in [0.15, 0.2) is 0 Å². The Morgan fingerprint density at radius 1 is 1.40 bits per heavy atom. The maximum Gasteiger partial charge on any atom is 0.308 e. The summed E-state index contributed by atoms with van der Waals surface area (Å²) in [6.45, 7) is 0.490. The molecule has 1 fully saturated rings. The Morgan fingerprint density at radius 2 is 2.20 bits per heavy atom. The third-order valence-electron chi connectivity index (χ3n) is 3.17. The minimum Gasteiger partial charge on any atom is -0.481 e. The fourth-order valence-corrected chi connectivity index (χ4v) is 2.04. The molecule has 0 bridgehead atoms. The Hall–Kier alpha value is -1.39. The Balaban J connectivity index is 1.85. The summed E-state index contributed by atoms with van der Waals surface area (Å²) in [4.78, 5) is 15.3. The number of aromatic nitrogens is 3. The van der Waals surface area contributed by atoms with E-state index < -0.39 is 5.97 Å². The van der Waals surface area contributed by atoms with E-state index in [-0.39, 0.29) is 5.92 Å². The number of fused-ring (bicyclic) bond motifs is 1. The van der Waals surface area contributed by atoms with E-state index in [2.05, 4.69) is 10.1 Å². The Bertz CT molecular complexity index is 409. The number of hydrogen-bond donors (Lipinski definition) is 1. The highest BCUT2D eigenvalue weighted by molar-refractivity contribution is 5.70. The van der Waals surface area contributed by atoms with Crippen molar-refractivity contribution in [2.24, 2.45) is 5.92 Å². The summed E-state index contributed by atoms with van der Waals surface area (Å²) < 4.78 is 1.79. The van der Waals surface area contributed by atoms with Crippen molar-refractivity contribution in [1.82, 2.24) is 14.8 Å². The Labute approximate surface area is 87.1 Å². The fraction of sp³-hybridized carbons (Fsp3) is 0.700. The number of nitrogens with zero attached hydrogens (tertiary/aromatic N) is 3. The van der Waals surface area contributed by atoms with Crippen LogP contribution in [0.25, 0.3) is 0 Å². The molecule has 1 aromatic rings. The monoisotopic (exact) mass is 207 g/mol. The predicted molar refractivity (Wildman–Crippen MR) is 51.4 cm³/mol. The van der Waals surface area contributed by atoms with Gasteiger partial charge in [-0.15, -0.1) is 0 Å². The van der Waals surface area contributed by atoms with E-state index in [0.717, 1.165) is 18.1 Å². The fourth-order valence-electron chi connectivity index (χ4n) is 2.04. The van der Waals surface area contributed by atoms with Crippen molar-refractivity contribution in [1.29, 1.82) is 0 Å². The van der Waals surface area contributed by atoms with Gasteiger partial charge < -0.3 is 5.11 Å². The lowest BCUT2D eigenvalue weighted by Gasteiger charge is -2.18. The maximum absolute atomic E-state index is 10.9. The van der Waals surface area contributed by atoms with Crippen molar-refractivity contribution in [3.63, 3.8) is 0 Å². The standard InChI is InChI=1S/C10H13N3O2/c14-10(15)7-3-4-8-11-9(6-1-2-6)12-13(8)5-7/h6-7H,1-5H2,(H,14,15). The first kappa shape index (κ1) is 8.88. The van der Waals surface area contributed by atoms with Gasteiger partial charge in [0.1, 0.15) is 5.82 Å². The molecule has 0 saturated heterocycles. The van der Waals surface area contributed by atoms with Crippen LogP contribution in [-0.4, -0.2) is 25.8 Å². The van der Waals surface area contributed by atoms with Crippen LogP contribution < -0.4 is 0 Å². The van der Waals surface area contributed by atoms with E-state index in [1.165, 1.54) is 12.8 Å². The minimum absolute atomic E-state index is 0.286. The molecule has 2 heterocycles. The van der Waals surface area contributed by atoms with E-state index in [1.54, 1.807) is 4.68 Å². The predicted octanol–water partition coefficient (Wildman–Crippen LogP) is 0.802. The zero-order valence-electron chi connectivity index (χ0n) is 8.39. The molecule has 1 aromatic heterocycles. The number of carbonyl (C=O) groups is 1. The summed E-state index contributed by atoms with van der Waals surface area (Å²) >= 11 is 0. The molecule has 0 radical (unpaired) electrons. The van der Waals surface area contributed by atoms with Gasteiger partial charge in [-0.2, -0.15) is 5.10 Å². The molecule has 0 amide bonds. The molecule has 2 aliphatic rings. The normalized spacial score (nSPS) is 24.9. The Morgan fingerprint density at radius 3 is 2.87 bits per heavy atom. The van der Waals surface area contributed by atoms with Gasteiger partial charge in [0.05, 0.1) is 12.5 Å². The van der Waals surface area contributed by atoms with Gasteiger partial charge in [-0.25, -0.2) is 9.67 Å². The summed E-state index contributed by atoms with van der Waals surface area (Å²) in [5.74, 6) is 1.44. The summed E-state index contributed by atoms with van der Waals surface area (Å²) in [5.41, 5.74) is 0. The number of rotatable bonds is 2. The van der Waals surface area contributed by atoms with Crippen LogP contribution in [0.4, 0.5) is 0 Å². The second-order valence-corrected chi connectivity index (χ2v) is 4.42. The lowest BCUT2D eigenvalue weighted by Crippen LogP contribution is -2.27. The summed E-state index contributed by atoms with van der Waals surface area (Å²) in [5, 5.41) is 13.3. The molecule has 80 valence electrons. The minimum atomic E-state index is -0.718. The molecular formula is C10H13N3O2. The van der Waals surface area contributed by atoms with Crippen LogP contribution in [0, 0.1) is 5.92 Å². The van der Waals surface area contributed by atoms with Gasteiger partial charge in [0.2, 0.25) is 0 Å². The molecular weight excluding hydrogens is 194 g/mol. The summed E-state index contributed by atoms with van der Waals surface area (Å²) in [6.07, 6.45) is 3.81. The van der Waals surface area contributed by atoms with Crippen LogP contribution in [-0.2, 0) is 17.8 Å². The van der Waals surface area contributed by atoms with Crippen molar-refractivity contribution in [3.8, 4) is 0 Å². The van der Waals surface area contributed by atoms with E-state index in [0.29, 0.717) is 18.9 Å². The van der Waals surface area contributed by atoms with Gasteiger partial charge in [0.15, 0.2) is 5.82 Å². The number of hydrogen-bond acceptors (Lipinski definition) is 3. The van der Waals surface area contributed by atoms with Crippen LogP contribution in [0.2, 0.25) is 0 Å². The number of carboxylic acids is 1. The molecule has 0 aromatic carbocycles. The molecule has 1 aliphatic carbocycles. The molecule has 1 atom stereocenters. The number of aliphatic carboxylic acids is 1. The highest BCUT2D eigenvalue weighted by Crippen LogP contribution is 2.38. The average molecular weight is 207 g/mol. The van der Waals surface area contributed by atoms with Gasteiger partial charge >= 0.3 is 5.97 Å². The van der Waals surface area contributed by atoms with Crippen molar-refractivity contribution < 1.29 is 9.90 Å². The van der Waals surface area contributed by atoms with E-state index in [9.17, 15) is 4.79 Å². The van der Waals surface area contributed by atoms with Crippen molar-refractivity contribution in [3.05, 3.63) is 11.6 Å². The van der Waals surface area contributed by atoms with E-state index >= 15 is 0 Å². The van der Waals surface area contributed by atoms with Crippen molar-refractivity contribution in [2.45, 2.75) is 38.1 Å².